The Morgan fingerprint density at radius 3 is 2.64 bits per heavy atom. The molecule has 25 heavy (non-hydrogen) atoms. The van der Waals surface area contributed by atoms with Gasteiger partial charge in [-0.15, -0.1) is 11.3 Å². The van der Waals surface area contributed by atoms with Gasteiger partial charge >= 0.3 is 0 Å². The molecular formula is C19H16N4S2. The number of anilines is 1. The van der Waals surface area contributed by atoms with Crippen molar-refractivity contribution in [3.63, 3.8) is 0 Å². The Morgan fingerprint density at radius 2 is 1.88 bits per heavy atom. The molecule has 4 nitrogen and oxygen atoms in total. The summed E-state index contributed by atoms with van der Waals surface area (Å²) in [6.07, 6.45) is 0. The van der Waals surface area contributed by atoms with Gasteiger partial charge in [0, 0.05) is 16.1 Å². The van der Waals surface area contributed by atoms with Gasteiger partial charge in [0.05, 0.1) is 17.6 Å². The number of imidazole rings is 1. The molecule has 3 N–H and O–H groups in total. The summed E-state index contributed by atoms with van der Waals surface area (Å²) < 4.78 is 0. The average molecular weight is 364 g/mol. The Balaban J connectivity index is 1.42. The lowest BCUT2D eigenvalue weighted by Crippen LogP contribution is -2.27. The average Bonchev–Trinajstić information content (AvgIpc) is 3.30. The van der Waals surface area contributed by atoms with E-state index in [1.54, 1.807) is 11.3 Å². The first-order chi connectivity index (χ1) is 12.3. The van der Waals surface area contributed by atoms with Crippen molar-refractivity contribution in [3.8, 4) is 11.4 Å². The fourth-order valence-electron chi connectivity index (χ4n) is 2.56. The summed E-state index contributed by atoms with van der Waals surface area (Å²) in [6.45, 7) is 0.737. The van der Waals surface area contributed by atoms with E-state index in [4.69, 9.17) is 12.2 Å². The molecule has 4 rings (SSSR count). The van der Waals surface area contributed by atoms with Gasteiger partial charge in [0.2, 0.25) is 0 Å². The molecule has 0 aliphatic rings. The zero-order valence-corrected chi connectivity index (χ0v) is 15.0. The molecule has 0 fully saturated rings. The topological polar surface area (TPSA) is 52.7 Å². The summed E-state index contributed by atoms with van der Waals surface area (Å²) >= 11 is 7.05. The number of thiophene rings is 1. The van der Waals surface area contributed by atoms with Crippen LogP contribution in [0, 0.1) is 0 Å². The third-order valence-corrected chi connectivity index (χ3v) is 4.93. The molecule has 2 aromatic heterocycles. The molecule has 0 radical (unpaired) electrons. The van der Waals surface area contributed by atoms with Gasteiger partial charge in [0.15, 0.2) is 5.11 Å². The number of nitrogens with one attached hydrogen (secondary N) is 3. The van der Waals surface area contributed by atoms with E-state index >= 15 is 0 Å². The number of aromatic nitrogens is 2. The fraction of sp³-hybridized carbons (Fsp3) is 0.0526. The van der Waals surface area contributed by atoms with Crippen LogP contribution in [-0.2, 0) is 6.54 Å². The molecule has 0 amide bonds. The Morgan fingerprint density at radius 1 is 1.04 bits per heavy atom. The molecular weight excluding hydrogens is 348 g/mol. The van der Waals surface area contributed by atoms with E-state index in [0.29, 0.717) is 5.11 Å². The summed E-state index contributed by atoms with van der Waals surface area (Å²) in [4.78, 5) is 9.21. The maximum absolute atomic E-state index is 5.34. The quantitative estimate of drug-likeness (QED) is 0.456. The lowest BCUT2D eigenvalue weighted by atomic mass is 10.2. The van der Waals surface area contributed by atoms with Crippen molar-refractivity contribution in [2.24, 2.45) is 0 Å². The second-order valence-electron chi connectivity index (χ2n) is 5.57. The summed E-state index contributed by atoms with van der Waals surface area (Å²) in [6, 6.07) is 20.2. The zero-order valence-electron chi connectivity index (χ0n) is 13.3. The number of H-pyrrole nitrogens is 1. The van der Waals surface area contributed by atoms with Crippen molar-refractivity contribution in [2.45, 2.75) is 6.54 Å². The Kier molecular flexibility index (Phi) is 4.45. The maximum atomic E-state index is 5.34. The number of hydrogen-bond acceptors (Lipinski definition) is 3. The van der Waals surface area contributed by atoms with Crippen molar-refractivity contribution in [1.29, 1.82) is 0 Å². The van der Waals surface area contributed by atoms with E-state index in [1.807, 2.05) is 54.6 Å². The van der Waals surface area contributed by atoms with E-state index in [0.717, 1.165) is 34.7 Å². The van der Waals surface area contributed by atoms with Gasteiger partial charge in [-0.25, -0.2) is 4.98 Å². The minimum Gasteiger partial charge on any atom is -0.358 e. The molecule has 0 aliphatic carbocycles. The van der Waals surface area contributed by atoms with Gasteiger partial charge < -0.3 is 15.6 Å². The van der Waals surface area contributed by atoms with Crippen molar-refractivity contribution < 1.29 is 0 Å². The van der Waals surface area contributed by atoms with Gasteiger partial charge in [0.1, 0.15) is 5.82 Å². The number of aromatic amines is 1. The molecule has 0 atom stereocenters. The van der Waals surface area contributed by atoms with Crippen molar-refractivity contribution in [3.05, 3.63) is 70.9 Å². The lowest BCUT2D eigenvalue weighted by Gasteiger charge is -2.10. The molecule has 2 heterocycles. The van der Waals surface area contributed by atoms with E-state index < -0.39 is 0 Å². The first-order valence-corrected chi connectivity index (χ1v) is 9.19. The third kappa shape index (κ3) is 3.70. The van der Waals surface area contributed by atoms with E-state index in [9.17, 15) is 0 Å². The number of rotatable bonds is 4. The van der Waals surface area contributed by atoms with Crippen LogP contribution in [0.1, 0.15) is 4.88 Å². The Labute approximate surface area is 154 Å². The van der Waals surface area contributed by atoms with Crippen molar-refractivity contribution in [1.82, 2.24) is 15.3 Å². The van der Waals surface area contributed by atoms with E-state index in [1.165, 1.54) is 4.88 Å². The van der Waals surface area contributed by atoms with Gasteiger partial charge in [-0.2, -0.15) is 0 Å². The molecule has 124 valence electrons. The first-order valence-electron chi connectivity index (χ1n) is 7.90. The maximum Gasteiger partial charge on any atom is 0.171 e. The molecule has 0 spiro atoms. The molecule has 6 heteroatoms. The number of fused-ring (bicyclic) bond motifs is 1. The number of para-hydroxylation sites is 2. The Hall–Kier alpha value is -2.70. The summed E-state index contributed by atoms with van der Waals surface area (Å²) in [5.74, 6) is 0.867. The van der Waals surface area contributed by atoms with Gasteiger partial charge in [-0.1, -0.05) is 18.2 Å². The second kappa shape index (κ2) is 7.04. The van der Waals surface area contributed by atoms with Crippen molar-refractivity contribution in [2.75, 3.05) is 5.32 Å². The number of hydrogen-bond donors (Lipinski definition) is 3. The van der Waals surface area contributed by atoms with Crippen LogP contribution in [0.2, 0.25) is 0 Å². The summed E-state index contributed by atoms with van der Waals surface area (Å²) in [5.41, 5.74) is 4.00. The predicted octanol–water partition coefficient (Wildman–Crippen LogP) is 4.78. The molecule has 4 aromatic rings. The van der Waals surface area contributed by atoms with Crippen LogP contribution in [0.4, 0.5) is 5.69 Å². The highest BCUT2D eigenvalue weighted by molar-refractivity contribution is 7.80. The zero-order chi connectivity index (χ0) is 17.1. The molecule has 0 aliphatic heterocycles. The number of thiocarbonyl (C=S) groups is 1. The third-order valence-electron chi connectivity index (χ3n) is 3.81. The fourth-order valence-corrected chi connectivity index (χ4v) is 3.39. The summed E-state index contributed by atoms with van der Waals surface area (Å²) in [5, 5.41) is 9.09. The number of nitrogens with zero attached hydrogens (tertiary/aromatic N) is 1. The minimum absolute atomic E-state index is 0.616. The van der Waals surface area contributed by atoms with Gasteiger partial charge in [-0.3, -0.25) is 0 Å². The van der Waals surface area contributed by atoms with Crippen LogP contribution in [-0.4, -0.2) is 15.1 Å². The molecule has 0 bridgehead atoms. The minimum atomic E-state index is 0.616. The van der Waals surface area contributed by atoms with Crippen LogP contribution in [0.25, 0.3) is 22.4 Å². The SMILES string of the molecule is S=C(NCc1cccs1)Nc1ccc(-c2nc3ccccc3[nH]2)cc1. The van der Waals surface area contributed by atoms with Crippen LogP contribution in [0.15, 0.2) is 66.0 Å². The number of benzene rings is 2. The first kappa shape index (κ1) is 15.8. The van der Waals surface area contributed by atoms with Gasteiger partial charge in [0.25, 0.3) is 0 Å². The second-order valence-corrected chi connectivity index (χ2v) is 7.01. The molecule has 0 unspecified atom stereocenters. The van der Waals surface area contributed by atoms with Crippen molar-refractivity contribution >= 4 is 45.4 Å². The van der Waals surface area contributed by atoms with Crippen LogP contribution in [0.3, 0.4) is 0 Å². The summed E-state index contributed by atoms with van der Waals surface area (Å²) in [7, 11) is 0. The highest BCUT2D eigenvalue weighted by Gasteiger charge is 2.05. The normalized spacial score (nSPS) is 10.7. The highest BCUT2D eigenvalue weighted by atomic mass is 32.1. The predicted molar refractivity (Wildman–Crippen MR) is 109 cm³/mol. The lowest BCUT2D eigenvalue weighted by molar-refractivity contribution is 0.946. The monoisotopic (exact) mass is 364 g/mol. The molecule has 2 aromatic carbocycles. The Bertz CT molecular complexity index is 955. The molecule has 0 saturated carbocycles. The molecule has 0 saturated heterocycles. The van der Waals surface area contributed by atoms with Gasteiger partial charge in [-0.05, 0) is 60.1 Å². The standard InChI is InChI=1S/C19H16N4S2/c24-19(20-12-15-4-3-11-25-15)21-14-9-7-13(8-10-14)18-22-16-5-1-2-6-17(16)23-18/h1-11H,12H2,(H,22,23)(H2,20,21,24). The van der Waals surface area contributed by atoms with Crippen LogP contribution < -0.4 is 10.6 Å². The smallest absolute Gasteiger partial charge is 0.171 e. The largest absolute Gasteiger partial charge is 0.358 e. The van der Waals surface area contributed by atoms with E-state index in [-0.39, 0.29) is 0 Å². The van der Waals surface area contributed by atoms with Crippen LogP contribution in [0.5, 0.6) is 0 Å². The van der Waals surface area contributed by atoms with Crippen LogP contribution >= 0.6 is 23.6 Å². The van der Waals surface area contributed by atoms with E-state index in [2.05, 4.69) is 32.0 Å². The highest BCUT2D eigenvalue weighted by Crippen LogP contribution is 2.22.